The first-order chi connectivity index (χ1) is 27.4. The van der Waals surface area contributed by atoms with Crippen LogP contribution in [0.5, 0.6) is 0 Å². The number of aliphatic carboxylic acids is 1. The topological polar surface area (TPSA) is 116 Å². The fourth-order valence-corrected chi connectivity index (χ4v) is 16.6. The van der Waals surface area contributed by atoms with E-state index in [1.807, 2.05) is 0 Å². The molecule has 1 aliphatic heterocycles. The molecular formula is C50H81N3O6. The van der Waals surface area contributed by atoms with Gasteiger partial charge in [-0.05, 0) is 161 Å². The number of rotatable bonds is 9. The SMILES string of the molecule is CCN1CCN(C(=O)[C@@H]2C[C@H](NC(=O)[C@]34CC[C@@H](C5(C)CC5)[C@@H]3[C@H]3CC[C@@H]5[C@@]6(C)CC[C@H](OC(=O)CC(C)(C)C(=O)O)C(C)(C)[C@@H]6CC[C@@]5(C)[C@]3(C)CC4)C2(C)C)CC1. The van der Waals surface area contributed by atoms with Crippen LogP contribution in [0.25, 0.3) is 0 Å². The number of hydrogen-bond acceptors (Lipinski definition) is 6. The minimum atomic E-state index is -1.15. The number of piperazine rings is 1. The molecule has 8 fully saturated rings. The van der Waals surface area contributed by atoms with Gasteiger partial charge in [0.05, 0.1) is 17.3 Å². The monoisotopic (exact) mass is 820 g/mol. The van der Waals surface area contributed by atoms with Gasteiger partial charge in [-0.1, -0.05) is 62.3 Å². The van der Waals surface area contributed by atoms with Crippen molar-refractivity contribution in [2.45, 2.75) is 178 Å². The maximum atomic E-state index is 15.2. The molecule has 7 aliphatic carbocycles. The van der Waals surface area contributed by atoms with Crippen molar-refractivity contribution in [3.63, 3.8) is 0 Å². The summed E-state index contributed by atoms with van der Waals surface area (Å²) in [5, 5.41) is 13.4. The summed E-state index contributed by atoms with van der Waals surface area (Å²) >= 11 is 0. The van der Waals surface area contributed by atoms with E-state index in [4.69, 9.17) is 4.74 Å². The molecule has 0 radical (unpaired) electrons. The van der Waals surface area contributed by atoms with Crippen LogP contribution in [0.4, 0.5) is 0 Å². The molecule has 9 nitrogen and oxygen atoms in total. The number of carbonyl (C=O) groups is 4. The van der Waals surface area contributed by atoms with Gasteiger partial charge in [0.15, 0.2) is 0 Å². The molecule has 8 rings (SSSR count). The van der Waals surface area contributed by atoms with Crippen LogP contribution in [0.3, 0.4) is 0 Å². The van der Waals surface area contributed by atoms with Crippen LogP contribution >= 0.6 is 0 Å². The van der Waals surface area contributed by atoms with Crippen molar-refractivity contribution in [2.75, 3.05) is 32.7 Å². The van der Waals surface area contributed by atoms with Crippen molar-refractivity contribution in [2.24, 2.45) is 78.8 Å². The molecule has 0 aromatic carbocycles. The number of carboxylic acids is 1. The molecule has 0 aromatic heterocycles. The second kappa shape index (κ2) is 14.2. The number of carboxylic acid groups (broad SMARTS) is 1. The molecule has 2 amide bonds. The Morgan fingerprint density at radius 3 is 2.02 bits per heavy atom. The largest absolute Gasteiger partial charge is 0.481 e. The van der Waals surface area contributed by atoms with Gasteiger partial charge in [0.2, 0.25) is 11.8 Å². The Morgan fingerprint density at radius 2 is 1.41 bits per heavy atom. The lowest BCUT2D eigenvalue weighted by molar-refractivity contribution is -0.251. The predicted molar refractivity (Wildman–Crippen MR) is 230 cm³/mol. The van der Waals surface area contributed by atoms with Crippen LogP contribution < -0.4 is 5.32 Å². The van der Waals surface area contributed by atoms with Gasteiger partial charge in [-0.3, -0.25) is 19.2 Å². The Balaban J connectivity index is 1.01. The molecule has 59 heavy (non-hydrogen) atoms. The molecule has 0 unspecified atom stereocenters. The number of hydrogen-bond donors (Lipinski definition) is 2. The maximum absolute atomic E-state index is 15.2. The summed E-state index contributed by atoms with van der Waals surface area (Å²) in [5.74, 6) is 1.66. The highest BCUT2D eigenvalue weighted by Gasteiger charge is 2.74. The van der Waals surface area contributed by atoms with Gasteiger partial charge in [0, 0.05) is 43.6 Å². The Bertz CT molecular complexity index is 1710. The first-order valence-corrected chi connectivity index (χ1v) is 24.2. The molecule has 9 heteroatoms. The lowest BCUT2D eigenvalue weighted by Crippen LogP contribution is -2.69. The van der Waals surface area contributed by atoms with E-state index >= 15 is 4.79 Å². The minimum Gasteiger partial charge on any atom is -0.481 e. The summed E-state index contributed by atoms with van der Waals surface area (Å²) in [7, 11) is 0. The van der Waals surface area contributed by atoms with Crippen molar-refractivity contribution in [1.29, 1.82) is 0 Å². The average molecular weight is 820 g/mol. The van der Waals surface area contributed by atoms with Gasteiger partial charge in [0.1, 0.15) is 6.10 Å². The van der Waals surface area contributed by atoms with Gasteiger partial charge >= 0.3 is 11.9 Å². The number of fused-ring (bicyclic) bond motifs is 7. The number of nitrogens with zero attached hydrogens (tertiary/aromatic N) is 2. The molecule has 1 heterocycles. The highest BCUT2D eigenvalue weighted by Crippen LogP contribution is 2.79. The van der Waals surface area contributed by atoms with Crippen molar-refractivity contribution >= 4 is 23.8 Å². The quantitative estimate of drug-likeness (QED) is 0.223. The van der Waals surface area contributed by atoms with E-state index in [-0.39, 0.29) is 62.9 Å². The Labute approximate surface area is 356 Å². The van der Waals surface area contributed by atoms with E-state index in [9.17, 15) is 19.5 Å². The zero-order valence-corrected chi connectivity index (χ0v) is 38.9. The van der Waals surface area contributed by atoms with E-state index in [0.29, 0.717) is 40.9 Å². The number of amides is 2. The second-order valence-electron chi connectivity index (χ2n) is 24.7. The van der Waals surface area contributed by atoms with Crippen molar-refractivity contribution < 1.29 is 29.0 Å². The molecule has 0 aromatic rings. The summed E-state index contributed by atoms with van der Waals surface area (Å²) < 4.78 is 6.23. The minimum absolute atomic E-state index is 0.0321. The molecule has 7 saturated carbocycles. The van der Waals surface area contributed by atoms with Crippen molar-refractivity contribution in [3.8, 4) is 0 Å². The van der Waals surface area contributed by atoms with E-state index < -0.39 is 17.4 Å². The molecule has 0 spiro atoms. The highest BCUT2D eigenvalue weighted by atomic mass is 16.5. The van der Waals surface area contributed by atoms with Crippen LogP contribution in [0, 0.1) is 78.8 Å². The Hall–Kier alpha value is -2.16. The zero-order chi connectivity index (χ0) is 42.9. The normalized spacial score (nSPS) is 44.4. The summed E-state index contributed by atoms with van der Waals surface area (Å²) in [6.45, 7) is 29.4. The molecule has 12 atom stereocenters. The van der Waals surface area contributed by atoms with E-state index in [1.54, 1.807) is 13.8 Å². The zero-order valence-electron chi connectivity index (χ0n) is 38.9. The number of nitrogens with one attached hydrogen (secondary N) is 1. The average Bonchev–Trinajstić information content (AvgIpc) is 3.78. The third kappa shape index (κ3) is 6.42. The van der Waals surface area contributed by atoms with Crippen molar-refractivity contribution in [3.05, 3.63) is 0 Å². The first kappa shape index (κ1) is 43.5. The van der Waals surface area contributed by atoms with Crippen LogP contribution in [0.2, 0.25) is 0 Å². The number of likely N-dealkylation sites (N-methyl/N-ethyl adjacent to an activating group) is 1. The van der Waals surface area contributed by atoms with E-state index in [0.717, 1.165) is 90.5 Å². The third-order valence-electron chi connectivity index (χ3n) is 21.2. The van der Waals surface area contributed by atoms with Gasteiger partial charge in [-0.15, -0.1) is 0 Å². The number of ether oxygens (including phenoxy) is 1. The van der Waals surface area contributed by atoms with Gasteiger partial charge in [-0.25, -0.2) is 0 Å². The molecular weight excluding hydrogens is 739 g/mol. The fraction of sp³-hybridized carbons (Fsp3) is 0.920. The summed E-state index contributed by atoms with van der Waals surface area (Å²) in [4.78, 5) is 58.6. The molecule has 332 valence electrons. The smallest absolute Gasteiger partial charge is 0.309 e. The summed E-state index contributed by atoms with van der Waals surface area (Å²) in [6, 6.07) is 0.0321. The van der Waals surface area contributed by atoms with Gasteiger partial charge in [-0.2, -0.15) is 0 Å². The van der Waals surface area contributed by atoms with Crippen LogP contribution in [-0.4, -0.2) is 83.5 Å². The number of esters is 1. The van der Waals surface area contributed by atoms with E-state index in [1.165, 1.54) is 25.7 Å². The Morgan fingerprint density at radius 1 is 0.729 bits per heavy atom. The predicted octanol–water partition coefficient (Wildman–Crippen LogP) is 8.98. The Kier molecular flexibility index (Phi) is 10.4. The molecule has 8 aliphatic rings. The number of carbonyl (C=O) groups excluding carboxylic acids is 3. The summed E-state index contributed by atoms with van der Waals surface area (Å²) in [5.41, 5.74) is -1.20. The van der Waals surface area contributed by atoms with Crippen LogP contribution in [0.15, 0.2) is 0 Å². The standard InChI is InChI=1S/C50H81N3O6/c1-12-52-25-27-53(28-26-52)40(55)33-29-36(44(33,4)5)51-41(56)50-20-15-31(46(8)21-22-46)39(50)32-13-14-35-47(9)18-17-37(59-38(54)30-43(2,3)42(57)58)45(6,7)34(47)16-19-49(35,11)48(32,10)23-24-50/h31-37,39H,12-30H2,1-11H3,(H,51,56)(H,57,58)/t31-,32-,33+,34+,35-,36+,37+,39-,47+,48-,49-,50+/m1/s1. The molecule has 2 N–H and O–H groups in total. The third-order valence-corrected chi connectivity index (χ3v) is 21.2. The highest BCUT2D eigenvalue weighted by molar-refractivity contribution is 5.86. The van der Waals surface area contributed by atoms with Gasteiger partial charge in [0.25, 0.3) is 0 Å². The lowest BCUT2D eigenvalue weighted by atomic mass is 9.32. The van der Waals surface area contributed by atoms with Crippen molar-refractivity contribution in [1.82, 2.24) is 15.1 Å². The lowest BCUT2D eigenvalue weighted by Gasteiger charge is -2.73. The summed E-state index contributed by atoms with van der Waals surface area (Å²) in [6.07, 6.45) is 13.7. The van der Waals surface area contributed by atoms with Crippen LogP contribution in [0.1, 0.15) is 166 Å². The maximum Gasteiger partial charge on any atom is 0.309 e. The van der Waals surface area contributed by atoms with E-state index in [2.05, 4.69) is 77.4 Å². The fourth-order valence-electron chi connectivity index (χ4n) is 16.6. The second-order valence-corrected chi connectivity index (χ2v) is 24.7. The van der Waals surface area contributed by atoms with Crippen LogP contribution in [-0.2, 0) is 23.9 Å². The molecule has 0 bridgehead atoms. The van der Waals surface area contributed by atoms with Gasteiger partial charge < -0.3 is 25.0 Å². The molecule has 1 saturated heterocycles. The first-order valence-electron chi connectivity index (χ1n) is 24.2.